The second-order valence-corrected chi connectivity index (χ2v) is 6.21. The van der Waals surface area contributed by atoms with Crippen molar-refractivity contribution in [3.8, 4) is 0 Å². The van der Waals surface area contributed by atoms with Crippen molar-refractivity contribution in [3.63, 3.8) is 0 Å². The summed E-state index contributed by atoms with van der Waals surface area (Å²) in [6.45, 7) is 9.42. The minimum atomic E-state index is -0.859. The molecule has 1 aliphatic rings. The maximum Gasteiger partial charge on any atom is 0.312 e. The Morgan fingerprint density at radius 1 is 1.50 bits per heavy atom. The van der Waals surface area contributed by atoms with E-state index < -0.39 is 17.1 Å². The van der Waals surface area contributed by atoms with Gasteiger partial charge in [0.1, 0.15) is 5.60 Å². The largest absolute Gasteiger partial charge is 0.460 e. The Morgan fingerprint density at radius 2 is 2.06 bits per heavy atom. The van der Waals surface area contributed by atoms with Gasteiger partial charge in [0.25, 0.3) is 0 Å². The summed E-state index contributed by atoms with van der Waals surface area (Å²) in [5.41, 5.74) is -1.34. The molecule has 0 aliphatic heterocycles. The Hall–Kier alpha value is -0.570. The van der Waals surface area contributed by atoms with E-state index in [2.05, 4.69) is 6.92 Å². The van der Waals surface area contributed by atoms with E-state index in [9.17, 15) is 9.90 Å². The number of carbonyl (C=O) groups excluding carboxylic acids is 1. The number of esters is 1. The van der Waals surface area contributed by atoms with Gasteiger partial charge in [0.05, 0.1) is 11.5 Å². The lowest BCUT2D eigenvalue weighted by atomic mass is 9.86. The van der Waals surface area contributed by atoms with E-state index in [1.165, 1.54) is 0 Å². The van der Waals surface area contributed by atoms with Crippen molar-refractivity contribution >= 4 is 5.97 Å². The van der Waals surface area contributed by atoms with Crippen molar-refractivity contribution in [3.05, 3.63) is 0 Å². The molecule has 0 aromatic rings. The van der Waals surface area contributed by atoms with Gasteiger partial charge in [-0.2, -0.15) is 0 Å². The Labute approximate surface area is 98.2 Å². The molecule has 0 saturated heterocycles. The van der Waals surface area contributed by atoms with Gasteiger partial charge in [-0.05, 0) is 52.9 Å². The second-order valence-electron chi connectivity index (χ2n) is 6.21. The number of hydrogen-bond acceptors (Lipinski definition) is 3. The molecular formula is C13H24O3. The topological polar surface area (TPSA) is 46.5 Å². The highest BCUT2D eigenvalue weighted by Crippen LogP contribution is 2.40. The average molecular weight is 228 g/mol. The maximum absolute atomic E-state index is 11.9. The molecule has 1 rings (SSSR count). The molecule has 0 amide bonds. The normalized spacial score (nSPS) is 32.5. The standard InChI is InChI=1S/C13H24O3/c1-9-6-7-13(15,8-9)10(2)11(14)16-12(3,4)5/h9-10,15H,6-8H2,1-5H3. The van der Waals surface area contributed by atoms with Crippen LogP contribution < -0.4 is 0 Å². The summed E-state index contributed by atoms with van der Waals surface area (Å²) >= 11 is 0. The minimum Gasteiger partial charge on any atom is -0.460 e. The summed E-state index contributed by atoms with van der Waals surface area (Å²) < 4.78 is 5.31. The Balaban J connectivity index is 2.64. The van der Waals surface area contributed by atoms with E-state index in [-0.39, 0.29) is 5.97 Å². The van der Waals surface area contributed by atoms with Crippen LogP contribution in [0.25, 0.3) is 0 Å². The molecule has 3 heteroatoms. The molecule has 1 saturated carbocycles. The fraction of sp³-hybridized carbons (Fsp3) is 0.923. The molecule has 1 N–H and O–H groups in total. The number of rotatable bonds is 2. The Bertz CT molecular complexity index is 267. The zero-order valence-electron chi connectivity index (χ0n) is 11.0. The summed E-state index contributed by atoms with van der Waals surface area (Å²) in [7, 11) is 0. The lowest BCUT2D eigenvalue weighted by molar-refractivity contribution is -0.168. The molecule has 0 spiro atoms. The smallest absolute Gasteiger partial charge is 0.312 e. The molecule has 94 valence electrons. The number of aliphatic hydroxyl groups is 1. The Kier molecular flexibility index (Phi) is 3.68. The van der Waals surface area contributed by atoms with E-state index in [0.29, 0.717) is 18.8 Å². The molecule has 1 fully saturated rings. The third-order valence-corrected chi connectivity index (χ3v) is 3.34. The van der Waals surface area contributed by atoms with Crippen molar-refractivity contribution in [1.82, 2.24) is 0 Å². The molecule has 0 aromatic carbocycles. The highest BCUT2D eigenvalue weighted by molar-refractivity contribution is 5.74. The summed E-state index contributed by atoms with van der Waals surface area (Å²) in [5, 5.41) is 10.4. The third kappa shape index (κ3) is 3.21. The van der Waals surface area contributed by atoms with E-state index in [0.717, 1.165) is 6.42 Å². The van der Waals surface area contributed by atoms with Crippen LogP contribution in [-0.2, 0) is 9.53 Å². The van der Waals surface area contributed by atoms with Gasteiger partial charge in [0, 0.05) is 0 Å². The van der Waals surface area contributed by atoms with Crippen molar-refractivity contribution in [2.24, 2.45) is 11.8 Å². The second kappa shape index (κ2) is 4.36. The molecule has 3 unspecified atom stereocenters. The van der Waals surface area contributed by atoms with Crippen LogP contribution in [-0.4, -0.2) is 22.3 Å². The van der Waals surface area contributed by atoms with E-state index >= 15 is 0 Å². The first-order valence-electron chi connectivity index (χ1n) is 6.09. The Morgan fingerprint density at radius 3 is 2.44 bits per heavy atom. The molecule has 16 heavy (non-hydrogen) atoms. The predicted molar refractivity (Wildman–Crippen MR) is 63.0 cm³/mol. The lowest BCUT2D eigenvalue weighted by Crippen LogP contribution is -2.41. The zero-order valence-corrected chi connectivity index (χ0v) is 11.0. The van der Waals surface area contributed by atoms with Crippen LogP contribution in [0.1, 0.15) is 53.9 Å². The first-order valence-corrected chi connectivity index (χ1v) is 6.09. The lowest BCUT2D eigenvalue weighted by Gasteiger charge is -2.31. The van der Waals surface area contributed by atoms with Gasteiger partial charge in [0.2, 0.25) is 0 Å². The van der Waals surface area contributed by atoms with Crippen molar-refractivity contribution < 1.29 is 14.6 Å². The molecule has 3 atom stereocenters. The van der Waals surface area contributed by atoms with Crippen LogP contribution in [0.15, 0.2) is 0 Å². The fourth-order valence-corrected chi connectivity index (χ4v) is 2.31. The van der Waals surface area contributed by atoms with E-state index in [1.807, 2.05) is 20.8 Å². The first-order chi connectivity index (χ1) is 7.14. The number of carbonyl (C=O) groups is 1. The van der Waals surface area contributed by atoms with Gasteiger partial charge in [-0.1, -0.05) is 6.92 Å². The summed E-state index contributed by atoms with van der Waals surface area (Å²) in [6, 6.07) is 0. The molecule has 0 bridgehead atoms. The van der Waals surface area contributed by atoms with Crippen LogP contribution in [0.2, 0.25) is 0 Å². The fourth-order valence-electron chi connectivity index (χ4n) is 2.31. The van der Waals surface area contributed by atoms with Gasteiger partial charge < -0.3 is 9.84 Å². The van der Waals surface area contributed by atoms with Gasteiger partial charge in [-0.15, -0.1) is 0 Å². The van der Waals surface area contributed by atoms with Crippen LogP contribution in [0, 0.1) is 11.8 Å². The highest BCUT2D eigenvalue weighted by atomic mass is 16.6. The maximum atomic E-state index is 11.9. The molecule has 0 heterocycles. The van der Waals surface area contributed by atoms with Crippen LogP contribution >= 0.6 is 0 Å². The summed E-state index contributed by atoms with van der Waals surface area (Å²) in [4.78, 5) is 11.9. The van der Waals surface area contributed by atoms with Gasteiger partial charge >= 0.3 is 5.97 Å². The van der Waals surface area contributed by atoms with E-state index in [4.69, 9.17) is 4.74 Å². The summed E-state index contributed by atoms with van der Waals surface area (Å²) in [6.07, 6.45) is 2.39. The monoisotopic (exact) mass is 228 g/mol. The van der Waals surface area contributed by atoms with Crippen LogP contribution in [0.4, 0.5) is 0 Å². The van der Waals surface area contributed by atoms with Gasteiger partial charge in [0.15, 0.2) is 0 Å². The highest BCUT2D eigenvalue weighted by Gasteiger charge is 2.44. The predicted octanol–water partition coefficient (Wildman–Crippen LogP) is 2.52. The zero-order chi connectivity index (χ0) is 12.6. The third-order valence-electron chi connectivity index (χ3n) is 3.34. The average Bonchev–Trinajstić information content (AvgIpc) is 2.43. The minimum absolute atomic E-state index is 0.288. The van der Waals surface area contributed by atoms with Gasteiger partial charge in [-0.25, -0.2) is 0 Å². The molecular weight excluding hydrogens is 204 g/mol. The quantitative estimate of drug-likeness (QED) is 0.739. The van der Waals surface area contributed by atoms with E-state index in [1.54, 1.807) is 6.92 Å². The number of hydrogen-bond donors (Lipinski definition) is 1. The van der Waals surface area contributed by atoms with Crippen molar-refractivity contribution in [2.45, 2.75) is 65.1 Å². The van der Waals surface area contributed by atoms with Crippen LogP contribution in [0.3, 0.4) is 0 Å². The molecule has 0 radical (unpaired) electrons. The molecule has 0 aromatic heterocycles. The summed E-state index contributed by atoms with van der Waals surface area (Å²) in [5.74, 6) is -0.226. The molecule has 1 aliphatic carbocycles. The SMILES string of the molecule is CC1CCC(O)(C(C)C(=O)OC(C)(C)C)C1. The first kappa shape index (κ1) is 13.5. The number of ether oxygens (including phenoxy) is 1. The van der Waals surface area contributed by atoms with Crippen molar-refractivity contribution in [1.29, 1.82) is 0 Å². The van der Waals surface area contributed by atoms with Crippen LogP contribution in [0.5, 0.6) is 0 Å². The van der Waals surface area contributed by atoms with Crippen molar-refractivity contribution in [2.75, 3.05) is 0 Å². The molecule has 3 nitrogen and oxygen atoms in total. The van der Waals surface area contributed by atoms with Gasteiger partial charge in [-0.3, -0.25) is 4.79 Å².